The van der Waals surface area contributed by atoms with E-state index >= 15 is 0 Å². The summed E-state index contributed by atoms with van der Waals surface area (Å²) in [6, 6.07) is 11.3. The summed E-state index contributed by atoms with van der Waals surface area (Å²) in [5.41, 5.74) is 1.43. The zero-order valence-corrected chi connectivity index (χ0v) is 10.7. The molecular formula is C15H19N3. The van der Waals surface area contributed by atoms with Gasteiger partial charge in [-0.2, -0.15) is 0 Å². The normalized spacial score (nSPS) is 21.8. The van der Waals surface area contributed by atoms with E-state index in [0.717, 1.165) is 18.9 Å². The fourth-order valence-corrected chi connectivity index (χ4v) is 2.46. The van der Waals surface area contributed by atoms with E-state index in [1.807, 2.05) is 12.4 Å². The highest BCUT2D eigenvalue weighted by Crippen LogP contribution is 2.42. The summed E-state index contributed by atoms with van der Waals surface area (Å²) in [5, 5.41) is 3.55. The van der Waals surface area contributed by atoms with Gasteiger partial charge in [-0.1, -0.05) is 37.3 Å². The lowest BCUT2D eigenvalue weighted by molar-refractivity contribution is 0.681. The Morgan fingerprint density at radius 2 is 2.17 bits per heavy atom. The first-order valence-corrected chi connectivity index (χ1v) is 6.71. The molecule has 0 aliphatic heterocycles. The molecular weight excluding hydrogens is 222 g/mol. The third-order valence-electron chi connectivity index (χ3n) is 3.51. The standard InChI is InChI=1S/C15H19N3/c1-2-9-18-10-8-16-15(18)17-14-11-13(14)12-6-4-3-5-7-12/h3-8,10,13-14H,2,9,11H2,1H3,(H,16,17). The zero-order valence-electron chi connectivity index (χ0n) is 10.7. The highest BCUT2D eigenvalue weighted by atomic mass is 15.2. The van der Waals surface area contributed by atoms with Crippen molar-refractivity contribution in [1.82, 2.24) is 9.55 Å². The molecule has 1 heterocycles. The maximum Gasteiger partial charge on any atom is 0.203 e. The van der Waals surface area contributed by atoms with Crippen LogP contribution in [0.3, 0.4) is 0 Å². The van der Waals surface area contributed by atoms with Crippen LogP contribution in [0.2, 0.25) is 0 Å². The third-order valence-corrected chi connectivity index (χ3v) is 3.51. The quantitative estimate of drug-likeness (QED) is 0.870. The Morgan fingerprint density at radius 1 is 1.33 bits per heavy atom. The van der Waals surface area contributed by atoms with E-state index in [1.54, 1.807) is 0 Å². The molecule has 0 radical (unpaired) electrons. The molecule has 1 N–H and O–H groups in total. The van der Waals surface area contributed by atoms with Crippen LogP contribution < -0.4 is 5.32 Å². The maximum absolute atomic E-state index is 4.39. The van der Waals surface area contributed by atoms with Crippen molar-refractivity contribution in [2.24, 2.45) is 0 Å². The Morgan fingerprint density at radius 3 is 2.94 bits per heavy atom. The summed E-state index contributed by atoms with van der Waals surface area (Å²) >= 11 is 0. The van der Waals surface area contributed by atoms with Crippen molar-refractivity contribution in [1.29, 1.82) is 0 Å². The van der Waals surface area contributed by atoms with Gasteiger partial charge in [0.15, 0.2) is 0 Å². The highest BCUT2D eigenvalue weighted by Gasteiger charge is 2.38. The van der Waals surface area contributed by atoms with Crippen LogP contribution in [0.5, 0.6) is 0 Å². The summed E-state index contributed by atoms with van der Waals surface area (Å²) < 4.78 is 2.19. The van der Waals surface area contributed by atoms with Crippen LogP contribution in [0.15, 0.2) is 42.7 Å². The number of hydrogen-bond acceptors (Lipinski definition) is 2. The highest BCUT2D eigenvalue weighted by molar-refractivity contribution is 5.37. The van der Waals surface area contributed by atoms with Crippen LogP contribution in [-0.4, -0.2) is 15.6 Å². The van der Waals surface area contributed by atoms with Crippen molar-refractivity contribution < 1.29 is 0 Å². The van der Waals surface area contributed by atoms with Crippen LogP contribution in [0.4, 0.5) is 5.95 Å². The molecule has 1 aromatic carbocycles. The Labute approximate surface area is 108 Å². The van der Waals surface area contributed by atoms with Gasteiger partial charge in [0.05, 0.1) is 0 Å². The molecule has 0 saturated heterocycles. The summed E-state index contributed by atoms with van der Waals surface area (Å²) in [7, 11) is 0. The molecule has 0 spiro atoms. The first-order chi connectivity index (χ1) is 8.88. The topological polar surface area (TPSA) is 29.9 Å². The van der Waals surface area contributed by atoms with Gasteiger partial charge in [0.2, 0.25) is 5.95 Å². The van der Waals surface area contributed by atoms with Gasteiger partial charge >= 0.3 is 0 Å². The number of benzene rings is 1. The van der Waals surface area contributed by atoms with E-state index in [0.29, 0.717) is 12.0 Å². The minimum Gasteiger partial charge on any atom is -0.352 e. The van der Waals surface area contributed by atoms with Gasteiger partial charge in [0.25, 0.3) is 0 Å². The monoisotopic (exact) mass is 241 g/mol. The molecule has 1 aliphatic rings. The van der Waals surface area contributed by atoms with E-state index in [9.17, 15) is 0 Å². The molecule has 1 aromatic heterocycles. The molecule has 0 amide bonds. The average Bonchev–Trinajstić information content (AvgIpc) is 3.04. The van der Waals surface area contributed by atoms with Crippen LogP contribution in [0, 0.1) is 0 Å². The molecule has 3 nitrogen and oxygen atoms in total. The summed E-state index contributed by atoms with van der Waals surface area (Å²) in [6.07, 6.45) is 6.27. The van der Waals surface area contributed by atoms with Crippen molar-refractivity contribution in [2.75, 3.05) is 5.32 Å². The van der Waals surface area contributed by atoms with E-state index in [-0.39, 0.29) is 0 Å². The van der Waals surface area contributed by atoms with E-state index in [1.165, 1.54) is 12.0 Å². The molecule has 2 aromatic rings. The molecule has 2 unspecified atom stereocenters. The van der Waals surface area contributed by atoms with Crippen LogP contribution in [0.1, 0.15) is 31.2 Å². The molecule has 1 saturated carbocycles. The number of aromatic nitrogens is 2. The number of nitrogens with one attached hydrogen (secondary N) is 1. The number of hydrogen-bond donors (Lipinski definition) is 1. The minimum atomic E-state index is 0.547. The average molecular weight is 241 g/mol. The van der Waals surface area contributed by atoms with E-state index < -0.39 is 0 Å². The number of anilines is 1. The van der Waals surface area contributed by atoms with Gasteiger partial charge in [0.1, 0.15) is 0 Å². The Hall–Kier alpha value is -1.77. The van der Waals surface area contributed by atoms with Crippen molar-refractivity contribution in [3.8, 4) is 0 Å². The fourth-order valence-electron chi connectivity index (χ4n) is 2.46. The Kier molecular flexibility index (Phi) is 3.05. The largest absolute Gasteiger partial charge is 0.352 e. The Balaban J connectivity index is 1.64. The Bertz CT molecular complexity index is 503. The minimum absolute atomic E-state index is 0.547. The van der Waals surface area contributed by atoms with Gasteiger partial charge in [-0.3, -0.25) is 0 Å². The lowest BCUT2D eigenvalue weighted by Gasteiger charge is -2.08. The second kappa shape index (κ2) is 4.84. The van der Waals surface area contributed by atoms with Gasteiger partial charge < -0.3 is 9.88 Å². The predicted molar refractivity (Wildman–Crippen MR) is 73.7 cm³/mol. The molecule has 3 heteroatoms. The third kappa shape index (κ3) is 2.26. The van der Waals surface area contributed by atoms with Gasteiger partial charge in [-0.05, 0) is 18.4 Å². The first-order valence-electron chi connectivity index (χ1n) is 6.71. The summed E-state index contributed by atoms with van der Waals surface area (Å²) in [6.45, 7) is 3.22. The van der Waals surface area contributed by atoms with Crippen molar-refractivity contribution in [3.63, 3.8) is 0 Å². The SMILES string of the molecule is CCCn1ccnc1NC1CC1c1ccccc1. The van der Waals surface area contributed by atoms with Crippen LogP contribution >= 0.6 is 0 Å². The molecule has 18 heavy (non-hydrogen) atoms. The number of nitrogens with zero attached hydrogens (tertiary/aromatic N) is 2. The zero-order chi connectivity index (χ0) is 12.4. The van der Waals surface area contributed by atoms with Crippen molar-refractivity contribution >= 4 is 5.95 Å². The molecule has 1 fully saturated rings. The second-order valence-electron chi connectivity index (χ2n) is 4.95. The molecule has 94 valence electrons. The van der Waals surface area contributed by atoms with E-state index in [2.05, 4.69) is 52.1 Å². The maximum atomic E-state index is 4.39. The van der Waals surface area contributed by atoms with Crippen LogP contribution in [-0.2, 0) is 6.54 Å². The lowest BCUT2D eigenvalue weighted by Crippen LogP contribution is -2.10. The predicted octanol–water partition coefficient (Wildman–Crippen LogP) is 3.26. The lowest BCUT2D eigenvalue weighted by atomic mass is 10.1. The molecule has 1 aliphatic carbocycles. The smallest absolute Gasteiger partial charge is 0.203 e. The van der Waals surface area contributed by atoms with Gasteiger partial charge in [-0.15, -0.1) is 0 Å². The summed E-state index contributed by atoms with van der Waals surface area (Å²) in [4.78, 5) is 4.39. The summed E-state index contributed by atoms with van der Waals surface area (Å²) in [5.74, 6) is 1.67. The number of rotatable bonds is 5. The number of imidazole rings is 1. The number of aryl methyl sites for hydroxylation is 1. The first kappa shape index (κ1) is 11.3. The van der Waals surface area contributed by atoms with Crippen LogP contribution in [0.25, 0.3) is 0 Å². The fraction of sp³-hybridized carbons (Fsp3) is 0.400. The molecule has 2 atom stereocenters. The molecule has 0 bridgehead atoms. The van der Waals surface area contributed by atoms with Crippen molar-refractivity contribution in [3.05, 3.63) is 48.3 Å². The molecule has 3 rings (SSSR count). The van der Waals surface area contributed by atoms with Crippen molar-refractivity contribution in [2.45, 2.75) is 38.3 Å². The van der Waals surface area contributed by atoms with E-state index in [4.69, 9.17) is 0 Å². The van der Waals surface area contributed by atoms with Gasteiger partial charge in [0, 0.05) is 30.9 Å². The van der Waals surface area contributed by atoms with Gasteiger partial charge in [-0.25, -0.2) is 4.98 Å². The second-order valence-corrected chi connectivity index (χ2v) is 4.95.